The molecule has 1 aromatic rings. The highest BCUT2D eigenvalue weighted by atomic mass is 79.9. The van der Waals surface area contributed by atoms with E-state index in [0.29, 0.717) is 6.10 Å². The van der Waals surface area contributed by atoms with Gasteiger partial charge in [-0.2, -0.15) is 0 Å². The van der Waals surface area contributed by atoms with Crippen LogP contribution in [0.15, 0.2) is 22.9 Å². The third-order valence-electron chi connectivity index (χ3n) is 1.92. The molecule has 1 unspecified atom stereocenters. The summed E-state index contributed by atoms with van der Waals surface area (Å²) >= 11 is 3.39. The molecule has 0 saturated carbocycles. The normalized spacial score (nSPS) is 20.9. The van der Waals surface area contributed by atoms with Crippen molar-refractivity contribution >= 4 is 15.9 Å². The second kappa shape index (κ2) is 3.54. The van der Waals surface area contributed by atoms with E-state index in [9.17, 15) is 0 Å². The highest BCUT2D eigenvalue weighted by Gasteiger charge is 2.21. The van der Waals surface area contributed by atoms with E-state index < -0.39 is 0 Å². The number of rotatable bonds is 3. The number of ether oxygens (including phenoxy) is 1. The second-order valence-electron chi connectivity index (χ2n) is 3.01. The van der Waals surface area contributed by atoms with Gasteiger partial charge in [0.15, 0.2) is 0 Å². The third-order valence-corrected chi connectivity index (χ3v) is 2.35. The predicted octanol–water partition coefficient (Wildman–Crippen LogP) is 2.18. The van der Waals surface area contributed by atoms with Crippen LogP contribution < -0.4 is 0 Å². The zero-order valence-electron chi connectivity index (χ0n) is 6.66. The summed E-state index contributed by atoms with van der Waals surface area (Å²) in [4.78, 5) is 4.09. The van der Waals surface area contributed by atoms with Crippen molar-refractivity contribution in [2.24, 2.45) is 0 Å². The van der Waals surface area contributed by atoms with Gasteiger partial charge in [0.25, 0.3) is 0 Å². The largest absolute Gasteiger partial charge is 0.373 e. The molecule has 0 amide bonds. The van der Waals surface area contributed by atoms with Gasteiger partial charge >= 0.3 is 0 Å². The Morgan fingerprint density at radius 1 is 1.58 bits per heavy atom. The van der Waals surface area contributed by atoms with Gasteiger partial charge in [0.1, 0.15) is 0 Å². The molecule has 12 heavy (non-hydrogen) atoms. The zero-order valence-corrected chi connectivity index (χ0v) is 8.25. The van der Waals surface area contributed by atoms with Crippen LogP contribution in [0, 0.1) is 0 Å². The van der Waals surface area contributed by atoms with Gasteiger partial charge in [0.2, 0.25) is 0 Å². The van der Waals surface area contributed by atoms with Crippen LogP contribution >= 0.6 is 15.9 Å². The first-order valence-corrected chi connectivity index (χ1v) is 4.85. The van der Waals surface area contributed by atoms with Gasteiger partial charge in [-0.1, -0.05) is 0 Å². The van der Waals surface area contributed by atoms with Gasteiger partial charge in [-0.15, -0.1) is 0 Å². The standard InChI is InChI=1S/C9H10BrNO/c10-8-3-7(4-11-5-8)1-2-9-6-12-9/h3-5,9H,1-2,6H2. The molecule has 0 aliphatic carbocycles. The van der Waals surface area contributed by atoms with Gasteiger partial charge in [-0.3, -0.25) is 4.98 Å². The molecular weight excluding hydrogens is 218 g/mol. The highest BCUT2D eigenvalue weighted by Crippen LogP contribution is 2.17. The Bertz CT molecular complexity index is 273. The molecule has 1 aliphatic rings. The van der Waals surface area contributed by atoms with Crippen LogP contribution in [-0.2, 0) is 11.2 Å². The molecule has 1 aliphatic heterocycles. The summed E-state index contributed by atoms with van der Waals surface area (Å²) in [6.45, 7) is 0.946. The Morgan fingerprint density at radius 2 is 2.42 bits per heavy atom. The SMILES string of the molecule is Brc1cncc(CCC2CO2)c1. The van der Waals surface area contributed by atoms with Crippen LogP contribution in [0.5, 0.6) is 0 Å². The molecule has 64 valence electrons. The number of nitrogens with zero attached hydrogens (tertiary/aromatic N) is 1. The number of hydrogen-bond donors (Lipinski definition) is 0. The maximum Gasteiger partial charge on any atom is 0.0813 e. The molecule has 1 saturated heterocycles. The molecule has 1 fully saturated rings. The van der Waals surface area contributed by atoms with Gasteiger partial charge < -0.3 is 4.74 Å². The minimum atomic E-state index is 0.518. The van der Waals surface area contributed by atoms with Crippen molar-refractivity contribution in [3.8, 4) is 0 Å². The van der Waals surface area contributed by atoms with Crippen LogP contribution in [0.1, 0.15) is 12.0 Å². The molecule has 0 bridgehead atoms. The maximum absolute atomic E-state index is 5.13. The topological polar surface area (TPSA) is 25.4 Å². The summed E-state index contributed by atoms with van der Waals surface area (Å²) in [5, 5.41) is 0. The fourth-order valence-electron chi connectivity index (χ4n) is 1.15. The van der Waals surface area contributed by atoms with Crippen LogP contribution in [0.4, 0.5) is 0 Å². The van der Waals surface area contributed by atoms with Crippen molar-refractivity contribution in [3.63, 3.8) is 0 Å². The Morgan fingerprint density at radius 3 is 3.08 bits per heavy atom. The first-order chi connectivity index (χ1) is 5.84. The van der Waals surface area contributed by atoms with Crippen molar-refractivity contribution in [2.75, 3.05) is 6.61 Å². The van der Waals surface area contributed by atoms with E-state index in [-0.39, 0.29) is 0 Å². The highest BCUT2D eigenvalue weighted by molar-refractivity contribution is 9.10. The number of pyridine rings is 1. The van der Waals surface area contributed by atoms with E-state index in [1.54, 1.807) is 6.20 Å². The number of aromatic nitrogens is 1. The van der Waals surface area contributed by atoms with Crippen molar-refractivity contribution in [2.45, 2.75) is 18.9 Å². The summed E-state index contributed by atoms with van der Waals surface area (Å²) in [5.74, 6) is 0. The first-order valence-electron chi connectivity index (χ1n) is 4.05. The monoisotopic (exact) mass is 227 g/mol. The molecule has 0 spiro atoms. The fourth-order valence-corrected chi connectivity index (χ4v) is 1.57. The lowest BCUT2D eigenvalue weighted by atomic mass is 10.1. The van der Waals surface area contributed by atoms with E-state index in [2.05, 4.69) is 27.0 Å². The van der Waals surface area contributed by atoms with Crippen molar-refractivity contribution in [3.05, 3.63) is 28.5 Å². The summed E-state index contributed by atoms with van der Waals surface area (Å²) in [5.41, 5.74) is 1.28. The lowest BCUT2D eigenvalue weighted by Gasteiger charge is -1.98. The minimum absolute atomic E-state index is 0.518. The second-order valence-corrected chi connectivity index (χ2v) is 3.92. The van der Waals surface area contributed by atoms with E-state index in [0.717, 1.165) is 23.9 Å². The smallest absolute Gasteiger partial charge is 0.0813 e. The van der Waals surface area contributed by atoms with Crippen molar-refractivity contribution < 1.29 is 4.74 Å². The number of halogens is 1. The minimum Gasteiger partial charge on any atom is -0.373 e. The average Bonchev–Trinajstić information content (AvgIpc) is 2.84. The fraction of sp³-hybridized carbons (Fsp3) is 0.444. The molecule has 2 heterocycles. The Balaban J connectivity index is 1.92. The molecule has 1 atom stereocenters. The molecule has 0 N–H and O–H groups in total. The number of epoxide rings is 1. The molecular formula is C9H10BrNO. The number of aryl methyl sites for hydroxylation is 1. The van der Waals surface area contributed by atoms with Crippen LogP contribution in [0.25, 0.3) is 0 Å². The van der Waals surface area contributed by atoms with Gasteiger partial charge in [-0.25, -0.2) is 0 Å². The molecule has 0 radical (unpaired) electrons. The lowest BCUT2D eigenvalue weighted by molar-refractivity contribution is 0.396. The first kappa shape index (κ1) is 8.20. The Kier molecular flexibility index (Phi) is 2.42. The van der Waals surface area contributed by atoms with Gasteiger partial charge in [-0.05, 0) is 40.4 Å². The van der Waals surface area contributed by atoms with Crippen molar-refractivity contribution in [1.82, 2.24) is 4.98 Å². The Hall–Kier alpha value is -0.410. The summed E-state index contributed by atoms with van der Waals surface area (Å²) in [7, 11) is 0. The molecule has 1 aromatic heterocycles. The zero-order chi connectivity index (χ0) is 8.39. The quantitative estimate of drug-likeness (QED) is 0.741. The molecule has 2 nitrogen and oxygen atoms in total. The molecule has 3 heteroatoms. The summed E-state index contributed by atoms with van der Waals surface area (Å²) in [6, 6.07) is 2.11. The maximum atomic E-state index is 5.13. The predicted molar refractivity (Wildman–Crippen MR) is 50.0 cm³/mol. The van der Waals surface area contributed by atoms with Crippen molar-refractivity contribution in [1.29, 1.82) is 0 Å². The molecule has 2 rings (SSSR count). The van der Waals surface area contributed by atoms with Gasteiger partial charge in [0, 0.05) is 16.9 Å². The number of hydrogen-bond acceptors (Lipinski definition) is 2. The van der Waals surface area contributed by atoms with E-state index in [1.807, 2.05) is 6.20 Å². The van der Waals surface area contributed by atoms with Crippen LogP contribution in [0.2, 0.25) is 0 Å². The third kappa shape index (κ3) is 2.29. The van der Waals surface area contributed by atoms with Gasteiger partial charge in [0.05, 0.1) is 12.7 Å². The van der Waals surface area contributed by atoms with Crippen LogP contribution in [-0.4, -0.2) is 17.7 Å². The van der Waals surface area contributed by atoms with E-state index in [1.165, 1.54) is 5.56 Å². The average molecular weight is 228 g/mol. The summed E-state index contributed by atoms with van der Waals surface area (Å²) < 4.78 is 6.18. The van der Waals surface area contributed by atoms with Crippen LogP contribution in [0.3, 0.4) is 0 Å². The summed E-state index contributed by atoms with van der Waals surface area (Å²) in [6.07, 6.45) is 6.42. The molecule has 0 aromatic carbocycles. The lowest BCUT2D eigenvalue weighted by Crippen LogP contribution is -1.91. The van der Waals surface area contributed by atoms with E-state index >= 15 is 0 Å². The Labute approximate surface area is 80.1 Å². The van der Waals surface area contributed by atoms with E-state index in [4.69, 9.17) is 4.74 Å².